The number of allylic oxidation sites excluding steroid dienone is 2. The molecule has 0 spiro atoms. The van der Waals surface area contributed by atoms with E-state index in [-0.39, 0.29) is 5.82 Å². The van der Waals surface area contributed by atoms with E-state index in [4.69, 9.17) is 11.6 Å². The number of halogens is 3. The molecule has 0 aliphatic heterocycles. The molecule has 0 aromatic heterocycles. The summed E-state index contributed by atoms with van der Waals surface area (Å²) in [7, 11) is 0. The molecule has 0 nitrogen and oxygen atoms in total. The van der Waals surface area contributed by atoms with Gasteiger partial charge < -0.3 is 0 Å². The Kier molecular flexibility index (Phi) is 5.20. The van der Waals surface area contributed by atoms with E-state index in [1.54, 1.807) is 6.07 Å². The molecule has 0 aliphatic rings. The Bertz CT molecular complexity index is 323. The third kappa shape index (κ3) is 3.81. The molecule has 1 aromatic rings. The lowest BCUT2D eigenvalue weighted by Gasteiger charge is -2.00. The Morgan fingerprint density at radius 2 is 2.14 bits per heavy atom. The van der Waals surface area contributed by atoms with Gasteiger partial charge in [-0.25, -0.2) is 4.39 Å². The van der Waals surface area contributed by atoms with Crippen LogP contribution in [-0.2, 0) is 6.42 Å². The van der Waals surface area contributed by atoms with Crippen LogP contribution in [0.15, 0.2) is 34.8 Å². The molecule has 0 atom stereocenters. The highest BCUT2D eigenvalue weighted by molar-refractivity contribution is 9.10. The molecule has 0 N–H and O–H groups in total. The van der Waals surface area contributed by atoms with Crippen molar-refractivity contribution < 1.29 is 4.39 Å². The zero-order chi connectivity index (χ0) is 10.4. The monoisotopic (exact) mass is 276 g/mol. The van der Waals surface area contributed by atoms with Gasteiger partial charge >= 0.3 is 0 Å². The first-order chi connectivity index (χ1) is 6.74. The molecule has 0 aliphatic carbocycles. The van der Waals surface area contributed by atoms with Crippen LogP contribution in [0.5, 0.6) is 0 Å². The second-order valence-corrected chi connectivity index (χ2v) is 4.12. The lowest BCUT2D eigenvalue weighted by molar-refractivity contribution is 0.625. The molecular formula is C11H11BrClF. The molecular weight excluding hydrogens is 266 g/mol. The molecule has 0 unspecified atom stereocenters. The highest BCUT2D eigenvalue weighted by atomic mass is 79.9. The van der Waals surface area contributed by atoms with Gasteiger partial charge in [0.25, 0.3) is 0 Å². The van der Waals surface area contributed by atoms with Gasteiger partial charge in [-0.2, -0.15) is 0 Å². The maximum atomic E-state index is 12.9. The highest BCUT2D eigenvalue weighted by Crippen LogP contribution is 2.18. The maximum absolute atomic E-state index is 12.9. The van der Waals surface area contributed by atoms with Crippen LogP contribution < -0.4 is 0 Å². The minimum atomic E-state index is -0.200. The van der Waals surface area contributed by atoms with E-state index in [1.807, 2.05) is 12.2 Å². The van der Waals surface area contributed by atoms with Crippen molar-refractivity contribution in [3.8, 4) is 0 Å². The first kappa shape index (κ1) is 11.7. The van der Waals surface area contributed by atoms with Gasteiger partial charge in [-0.1, -0.05) is 28.1 Å². The van der Waals surface area contributed by atoms with E-state index >= 15 is 0 Å². The van der Waals surface area contributed by atoms with Crippen molar-refractivity contribution in [3.63, 3.8) is 0 Å². The molecule has 0 heterocycles. The van der Waals surface area contributed by atoms with Gasteiger partial charge in [-0.05, 0) is 36.6 Å². The van der Waals surface area contributed by atoms with Crippen LogP contribution in [-0.4, -0.2) is 5.88 Å². The summed E-state index contributed by atoms with van der Waals surface area (Å²) in [4.78, 5) is 0. The number of alkyl halides is 1. The third-order valence-corrected chi connectivity index (χ3v) is 2.78. The molecule has 76 valence electrons. The maximum Gasteiger partial charge on any atom is 0.123 e. The summed E-state index contributed by atoms with van der Waals surface area (Å²) in [5, 5.41) is 0. The first-order valence-electron chi connectivity index (χ1n) is 4.39. The normalized spacial score (nSPS) is 11.1. The van der Waals surface area contributed by atoms with Gasteiger partial charge in [0.15, 0.2) is 0 Å². The van der Waals surface area contributed by atoms with Crippen LogP contribution in [0.2, 0.25) is 0 Å². The topological polar surface area (TPSA) is 0 Å². The van der Waals surface area contributed by atoms with Crippen molar-refractivity contribution in [2.45, 2.75) is 12.8 Å². The second-order valence-electron chi connectivity index (χ2n) is 2.89. The Balaban J connectivity index is 2.62. The summed E-state index contributed by atoms with van der Waals surface area (Å²) in [5.74, 6) is 0.426. The SMILES string of the molecule is Fc1ccc(Br)c(CC=CCCCl)c1. The standard InChI is InChI=1S/C11H11BrClF/c12-11-6-5-10(14)8-9(11)4-2-1-3-7-13/h1-2,5-6,8H,3-4,7H2. The van der Waals surface area contributed by atoms with Crippen LogP contribution >= 0.6 is 27.5 Å². The summed E-state index contributed by atoms with van der Waals surface area (Å²) in [6.45, 7) is 0. The first-order valence-corrected chi connectivity index (χ1v) is 5.71. The Hall–Kier alpha value is -0.340. The van der Waals surface area contributed by atoms with Crippen LogP contribution in [0.25, 0.3) is 0 Å². The minimum absolute atomic E-state index is 0.200. The van der Waals surface area contributed by atoms with Crippen molar-refractivity contribution in [2.24, 2.45) is 0 Å². The van der Waals surface area contributed by atoms with Crippen molar-refractivity contribution >= 4 is 27.5 Å². The summed E-state index contributed by atoms with van der Waals surface area (Å²) in [6.07, 6.45) is 5.59. The number of benzene rings is 1. The summed E-state index contributed by atoms with van der Waals surface area (Å²) in [6, 6.07) is 4.70. The molecule has 1 rings (SSSR count). The lowest BCUT2D eigenvalue weighted by atomic mass is 10.1. The summed E-state index contributed by atoms with van der Waals surface area (Å²) < 4.78 is 13.8. The van der Waals surface area contributed by atoms with Gasteiger partial charge in [0.2, 0.25) is 0 Å². The molecule has 14 heavy (non-hydrogen) atoms. The lowest BCUT2D eigenvalue weighted by Crippen LogP contribution is -1.85. The zero-order valence-electron chi connectivity index (χ0n) is 7.64. The fraction of sp³-hybridized carbons (Fsp3) is 0.273. The van der Waals surface area contributed by atoms with E-state index in [2.05, 4.69) is 15.9 Å². The Morgan fingerprint density at radius 1 is 1.36 bits per heavy atom. The number of hydrogen-bond acceptors (Lipinski definition) is 0. The minimum Gasteiger partial charge on any atom is -0.207 e. The molecule has 1 aromatic carbocycles. The predicted octanol–water partition coefficient (Wildman–Crippen LogP) is 4.32. The molecule has 0 amide bonds. The average molecular weight is 278 g/mol. The largest absolute Gasteiger partial charge is 0.207 e. The van der Waals surface area contributed by atoms with Crippen LogP contribution in [0, 0.1) is 5.82 Å². The summed E-state index contributed by atoms with van der Waals surface area (Å²) >= 11 is 8.89. The Labute approximate surface area is 96.9 Å². The zero-order valence-corrected chi connectivity index (χ0v) is 9.98. The quantitative estimate of drug-likeness (QED) is 0.568. The van der Waals surface area contributed by atoms with E-state index < -0.39 is 0 Å². The number of rotatable bonds is 4. The smallest absolute Gasteiger partial charge is 0.123 e. The highest BCUT2D eigenvalue weighted by Gasteiger charge is 1.98. The van der Waals surface area contributed by atoms with Crippen molar-refractivity contribution in [3.05, 3.63) is 46.2 Å². The molecule has 3 heteroatoms. The van der Waals surface area contributed by atoms with E-state index in [1.165, 1.54) is 12.1 Å². The fourth-order valence-corrected chi connectivity index (χ4v) is 1.63. The Morgan fingerprint density at radius 3 is 2.86 bits per heavy atom. The van der Waals surface area contributed by atoms with Crippen molar-refractivity contribution in [2.75, 3.05) is 5.88 Å². The van der Waals surface area contributed by atoms with Gasteiger partial charge in [-0.3, -0.25) is 0 Å². The summed E-state index contributed by atoms with van der Waals surface area (Å²) in [5.41, 5.74) is 0.954. The van der Waals surface area contributed by atoms with E-state index in [0.717, 1.165) is 22.9 Å². The molecule has 0 saturated carbocycles. The van der Waals surface area contributed by atoms with Crippen LogP contribution in [0.1, 0.15) is 12.0 Å². The fourth-order valence-electron chi connectivity index (χ4n) is 1.09. The van der Waals surface area contributed by atoms with Gasteiger partial charge in [-0.15, -0.1) is 11.6 Å². The van der Waals surface area contributed by atoms with Gasteiger partial charge in [0, 0.05) is 10.4 Å². The average Bonchev–Trinajstić information content (AvgIpc) is 2.18. The molecule has 0 bridgehead atoms. The predicted molar refractivity (Wildman–Crippen MR) is 62.3 cm³/mol. The molecule has 0 saturated heterocycles. The second kappa shape index (κ2) is 6.20. The van der Waals surface area contributed by atoms with E-state index in [9.17, 15) is 4.39 Å². The third-order valence-electron chi connectivity index (χ3n) is 1.79. The van der Waals surface area contributed by atoms with Gasteiger partial charge in [0.05, 0.1) is 0 Å². The van der Waals surface area contributed by atoms with Crippen LogP contribution in [0.4, 0.5) is 4.39 Å². The molecule has 0 radical (unpaired) electrons. The number of hydrogen-bond donors (Lipinski definition) is 0. The van der Waals surface area contributed by atoms with Crippen LogP contribution in [0.3, 0.4) is 0 Å². The van der Waals surface area contributed by atoms with E-state index in [0.29, 0.717) is 5.88 Å². The van der Waals surface area contributed by atoms with Crippen molar-refractivity contribution in [1.82, 2.24) is 0 Å². The molecule has 0 fully saturated rings. The van der Waals surface area contributed by atoms with Crippen molar-refractivity contribution in [1.29, 1.82) is 0 Å². The van der Waals surface area contributed by atoms with Gasteiger partial charge in [0.1, 0.15) is 5.82 Å².